The van der Waals surface area contributed by atoms with Crippen LogP contribution in [0.3, 0.4) is 0 Å². The summed E-state index contributed by atoms with van der Waals surface area (Å²) in [5, 5.41) is 9.24. The first-order valence-corrected chi connectivity index (χ1v) is 7.69. The van der Waals surface area contributed by atoms with Gasteiger partial charge in [-0.05, 0) is 36.2 Å². The minimum absolute atomic E-state index is 0.203. The molecule has 0 bridgehead atoms. The molecule has 0 unspecified atom stereocenters. The summed E-state index contributed by atoms with van der Waals surface area (Å²) in [4.78, 5) is 24.6. The molecule has 0 saturated heterocycles. The SMILES string of the molecule is COC(=O)COc1ccc(C(=O)N(C#N)CCc2ccccc2)cc1. The van der Waals surface area contributed by atoms with Crippen molar-refractivity contribution in [3.63, 3.8) is 0 Å². The first kappa shape index (κ1) is 18.0. The van der Waals surface area contributed by atoms with Crippen molar-refractivity contribution in [3.8, 4) is 11.9 Å². The van der Waals surface area contributed by atoms with E-state index in [0.29, 0.717) is 24.3 Å². The van der Waals surface area contributed by atoms with Gasteiger partial charge in [-0.15, -0.1) is 0 Å². The summed E-state index contributed by atoms with van der Waals surface area (Å²) in [6.07, 6.45) is 2.52. The number of hydrogen-bond donors (Lipinski definition) is 0. The summed E-state index contributed by atoms with van der Waals surface area (Å²) in [5.74, 6) is -0.426. The fraction of sp³-hybridized carbons (Fsp3) is 0.211. The number of carbonyl (C=O) groups excluding carboxylic acids is 2. The van der Waals surface area contributed by atoms with Crippen molar-refractivity contribution < 1.29 is 19.1 Å². The van der Waals surface area contributed by atoms with Crippen LogP contribution < -0.4 is 4.74 Å². The van der Waals surface area contributed by atoms with E-state index in [1.54, 1.807) is 24.3 Å². The summed E-state index contributed by atoms with van der Waals surface area (Å²) in [6, 6.07) is 15.9. The fourth-order valence-electron chi connectivity index (χ4n) is 2.13. The van der Waals surface area contributed by atoms with Gasteiger partial charge in [0.2, 0.25) is 0 Å². The van der Waals surface area contributed by atoms with Crippen LogP contribution >= 0.6 is 0 Å². The van der Waals surface area contributed by atoms with Crippen LogP contribution in [0.4, 0.5) is 0 Å². The number of nitrogens with zero attached hydrogens (tertiary/aromatic N) is 2. The van der Waals surface area contributed by atoms with E-state index in [1.165, 1.54) is 7.11 Å². The zero-order valence-corrected chi connectivity index (χ0v) is 13.8. The van der Waals surface area contributed by atoms with Crippen LogP contribution in [0, 0.1) is 11.5 Å². The van der Waals surface area contributed by atoms with Crippen molar-refractivity contribution in [2.75, 3.05) is 20.3 Å². The fourth-order valence-corrected chi connectivity index (χ4v) is 2.13. The highest BCUT2D eigenvalue weighted by Crippen LogP contribution is 2.14. The van der Waals surface area contributed by atoms with Crippen molar-refractivity contribution >= 4 is 11.9 Å². The van der Waals surface area contributed by atoms with Crippen molar-refractivity contribution in [1.82, 2.24) is 4.90 Å². The smallest absolute Gasteiger partial charge is 0.343 e. The molecular weight excluding hydrogens is 320 g/mol. The molecule has 0 radical (unpaired) electrons. The molecular formula is C19H18N2O4. The minimum Gasteiger partial charge on any atom is -0.482 e. The van der Waals surface area contributed by atoms with Crippen LogP contribution in [-0.4, -0.2) is 37.0 Å². The molecule has 6 nitrogen and oxygen atoms in total. The van der Waals surface area contributed by atoms with E-state index in [1.807, 2.05) is 36.5 Å². The second kappa shape index (κ2) is 9.08. The molecule has 0 N–H and O–H groups in total. The van der Waals surface area contributed by atoms with E-state index in [4.69, 9.17) is 4.74 Å². The summed E-state index contributed by atoms with van der Waals surface area (Å²) < 4.78 is 9.70. The molecule has 0 spiro atoms. The number of methoxy groups -OCH3 is 1. The highest BCUT2D eigenvalue weighted by atomic mass is 16.6. The number of rotatable bonds is 7. The van der Waals surface area contributed by atoms with Crippen LogP contribution in [0.25, 0.3) is 0 Å². The Morgan fingerprint density at radius 2 is 1.76 bits per heavy atom. The first-order chi connectivity index (χ1) is 12.1. The number of nitriles is 1. The Hall–Kier alpha value is -3.33. The minimum atomic E-state index is -0.489. The van der Waals surface area contributed by atoms with Gasteiger partial charge in [0.15, 0.2) is 12.8 Å². The molecule has 0 aliphatic heterocycles. The number of amides is 1. The molecule has 1 amide bonds. The first-order valence-electron chi connectivity index (χ1n) is 7.69. The van der Waals surface area contributed by atoms with Gasteiger partial charge in [-0.3, -0.25) is 4.79 Å². The van der Waals surface area contributed by atoms with Gasteiger partial charge in [-0.25, -0.2) is 9.69 Å². The average molecular weight is 338 g/mol. The topological polar surface area (TPSA) is 79.6 Å². The molecule has 0 heterocycles. The number of benzene rings is 2. The van der Waals surface area contributed by atoms with Gasteiger partial charge in [-0.1, -0.05) is 30.3 Å². The van der Waals surface area contributed by atoms with E-state index >= 15 is 0 Å². The number of hydrogen-bond acceptors (Lipinski definition) is 5. The normalized spacial score (nSPS) is 9.76. The third kappa shape index (κ3) is 5.36. The van der Waals surface area contributed by atoms with Gasteiger partial charge in [0.1, 0.15) is 5.75 Å². The van der Waals surface area contributed by atoms with Gasteiger partial charge in [0, 0.05) is 12.1 Å². The summed E-state index contributed by atoms with van der Waals surface area (Å²) in [5.41, 5.74) is 1.43. The zero-order valence-electron chi connectivity index (χ0n) is 13.8. The molecule has 0 aliphatic rings. The van der Waals surface area contributed by atoms with Gasteiger partial charge >= 0.3 is 5.97 Å². The van der Waals surface area contributed by atoms with Gasteiger partial charge in [0.05, 0.1) is 7.11 Å². The van der Waals surface area contributed by atoms with E-state index in [0.717, 1.165) is 10.5 Å². The van der Waals surface area contributed by atoms with E-state index in [9.17, 15) is 14.9 Å². The summed E-state index contributed by atoms with van der Waals surface area (Å²) in [7, 11) is 1.28. The lowest BCUT2D eigenvalue weighted by molar-refractivity contribution is -0.142. The molecule has 25 heavy (non-hydrogen) atoms. The lowest BCUT2D eigenvalue weighted by Crippen LogP contribution is -2.28. The molecule has 0 atom stereocenters. The van der Waals surface area contributed by atoms with Crippen molar-refractivity contribution in [3.05, 3.63) is 65.7 Å². The second-order valence-corrected chi connectivity index (χ2v) is 5.18. The van der Waals surface area contributed by atoms with Crippen LogP contribution in [0.2, 0.25) is 0 Å². The Morgan fingerprint density at radius 1 is 1.08 bits per heavy atom. The van der Waals surface area contributed by atoms with Crippen molar-refractivity contribution in [2.45, 2.75) is 6.42 Å². The number of esters is 1. The van der Waals surface area contributed by atoms with Gasteiger partial charge in [0.25, 0.3) is 5.91 Å². The third-order valence-corrected chi connectivity index (χ3v) is 3.52. The maximum atomic E-state index is 12.4. The molecule has 2 rings (SSSR count). The summed E-state index contributed by atoms with van der Waals surface area (Å²) >= 11 is 0. The van der Waals surface area contributed by atoms with Crippen molar-refractivity contribution in [2.24, 2.45) is 0 Å². The van der Waals surface area contributed by atoms with Crippen LogP contribution in [0.5, 0.6) is 5.75 Å². The molecule has 128 valence electrons. The average Bonchev–Trinajstić information content (AvgIpc) is 2.67. The lowest BCUT2D eigenvalue weighted by atomic mass is 10.1. The Balaban J connectivity index is 1.95. The molecule has 2 aromatic rings. The molecule has 6 heteroatoms. The number of ether oxygens (including phenoxy) is 2. The molecule has 0 saturated carbocycles. The van der Waals surface area contributed by atoms with Crippen LogP contribution in [-0.2, 0) is 16.0 Å². The molecule has 0 fully saturated rings. The van der Waals surface area contributed by atoms with E-state index in [2.05, 4.69) is 4.74 Å². The van der Waals surface area contributed by atoms with Gasteiger partial charge in [-0.2, -0.15) is 5.26 Å². The zero-order chi connectivity index (χ0) is 18.1. The molecule has 0 aromatic heterocycles. The lowest BCUT2D eigenvalue weighted by Gasteiger charge is -2.14. The maximum Gasteiger partial charge on any atom is 0.343 e. The predicted molar refractivity (Wildman–Crippen MR) is 90.7 cm³/mol. The van der Waals surface area contributed by atoms with Crippen molar-refractivity contribution in [1.29, 1.82) is 5.26 Å². The monoisotopic (exact) mass is 338 g/mol. The number of carbonyl (C=O) groups is 2. The third-order valence-electron chi connectivity index (χ3n) is 3.52. The highest BCUT2D eigenvalue weighted by Gasteiger charge is 2.15. The molecule has 2 aromatic carbocycles. The largest absolute Gasteiger partial charge is 0.482 e. The van der Waals surface area contributed by atoms with E-state index in [-0.39, 0.29) is 12.5 Å². The standard InChI is InChI=1S/C19H18N2O4/c1-24-18(22)13-25-17-9-7-16(8-10-17)19(23)21(14-20)12-11-15-5-3-2-4-6-15/h2-10H,11-13H2,1H3. The van der Waals surface area contributed by atoms with Crippen LogP contribution in [0.15, 0.2) is 54.6 Å². The Labute approximate surface area is 146 Å². The maximum absolute atomic E-state index is 12.4. The summed E-state index contributed by atoms with van der Waals surface area (Å²) in [6.45, 7) is 0.102. The highest BCUT2D eigenvalue weighted by molar-refractivity contribution is 5.95. The van der Waals surface area contributed by atoms with E-state index < -0.39 is 5.97 Å². The Bertz CT molecular complexity index is 751. The molecule has 0 aliphatic carbocycles. The Kier molecular flexibility index (Phi) is 6.55. The van der Waals surface area contributed by atoms with Crippen LogP contribution in [0.1, 0.15) is 15.9 Å². The van der Waals surface area contributed by atoms with Gasteiger partial charge < -0.3 is 9.47 Å². The predicted octanol–water partition coefficient (Wildman–Crippen LogP) is 2.40. The quantitative estimate of drug-likeness (QED) is 0.440. The second-order valence-electron chi connectivity index (χ2n) is 5.18. The Morgan fingerprint density at radius 3 is 2.36 bits per heavy atom.